The molecule has 1 fully saturated rings. The Labute approximate surface area is 140 Å². The molecule has 0 atom stereocenters. The van der Waals surface area contributed by atoms with Crippen LogP contribution < -0.4 is 5.32 Å². The summed E-state index contributed by atoms with van der Waals surface area (Å²) in [7, 11) is 2.07. The van der Waals surface area contributed by atoms with E-state index in [9.17, 15) is 0 Å². The molecule has 0 saturated heterocycles. The van der Waals surface area contributed by atoms with Crippen molar-refractivity contribution < 1.29 is 4.74 Å². The number of guanidine groups is 1. The number of nitrogens with one attached hydrogen (secondary N) is 1. The summed E-state index contributed by atoms with van der Waals surface area (Å²) in [6.07, 6.45) is 7.38. The number of rotatable bonds is 9. The number of aryl methyl sites for hydroxylation is 1. The van der Waals surface area contributed by atoms with Crippen LogP contribution in [0.15, 0.2) is 23.5 Å². The fraction of sp³-hybridized carbons (Fsp3) is 0.667. The second kappa shape index (κ2) is 9.50. The van der Waals surface area contributed by atoms with Gasteiger partial charge >= 0.3 is 0 Å². The van der Waals surface area contributed by atoms with Crippen molar-refractivity contribution in [2.24, 2.45) is 10.9 Å². The van der Waals surface area contributed by atoms with Crippen LogP contribution in [0.4, 0.5) is 0 Å². The van der Waals surface area contributed by atoms with Gasteiger partial charge in [-0.3, -0.25) is 9.98 Å². The summed E-state index contributed by atoms with van der Waals surface area (Å²) in [5.74, 6) is 1.78. The zero-order valence-corrected chi connectivity index (χ0v) is 14.7. The molecule has 5 nitrogen and oxygen atoms in total. The molecule has 1 aromatic rings. The van der Waals surface area contributed by atoms with Crippen molar-refractivity contribution in [1.82, 2.24) is 15.2 Å². The molecular formula is C18H30N4O. The lowest BCUT2D eigenvalue weighted by Crippen LogP contribution is -2.40. The van der Waals surface area contributed by atoms with Gasteiger partial charge in [0.1, 0.15) is 0 Å². The molecule has 1 aliphatic rings. The molecule has 1 heterocycles. The van der Waals surface area contributed by atoms with Crippen molar-refractivity contribution in [3.8, 4) is 0 Å². The van der Waals surface area contributed by atoms with Crippen molar-refractivity contribution >= 4 is 5.96 Å². The summed E-state index contributed by atoms with van der Waals surface area (Å²) in [6.45, 7) is 8.40. The quantitative estimate of drug-likeness (QED) is 0.431. The molecule has 0 aliphatic heterocycles. The lowest BCUT2D eigenvalue weighted by atomic mass is 10.1. The summed E-state index contributed by atoms with van der Waals surface area (Å²) >= 11 is 0. The minimum absolute atomic E-state index is 0.765. The molecule has 5 heteroatoms. The van der Waals surface area contributed by atoms with Crippen LogP contribution in [0.5, 0.6) is 0 Å². The molecule has 1 N–H and O–H groups in total. The average Bonchev–Trinajstić information content (AvgIpc) is 3.36. The first-order chi connectivity index (χ1) is 11.2. The summed E-state index contributed by atoms with van der Waals surface area (Å²) in [6, 6.07) is 2.08. The van der Waals surface area contributed by atoms with Crippen LogP contribution >= 0.6 is 0 Å². The van der Waals surface area contributed by atoms with E-state index in [0.29, 0.717) is 0 Å². The number of nitrogens with zero attached hydrogens (tertiary/aromatic N) is 3. The Morgan fingerprint density at radius 1 is 1.48 bits per heavy atom. The van der Waals surface area contributed by atoms with Gasteiger partial charge in [-0.2, -0.15) is 0 Å². The van der Waals surface area contributed by atoms with Crippen molar-refractivity contribution in [3.05, 3.63) is 29.6 Å². The Morgan fingerprint density at radius 3 is 3.00 bits per heavy atom. The zero-order valence-electron chi connectivity index (χ0n) is 14.7. The van der Waals surface area contributed by atoms with Gasteiger partial charge in [-0.1, -0.05) is 0 Å². The molecule has 1 aromatic heterocycles. The standard InChI is InChI=1S/C18H30N4O/c1-4-20-18(22(3)11-12-23-14-16-5-6-16)21-10-8-17-7-9-19-13-15(17)2/h7,9,13,16H,4-6,8,10-12,14H2,1-3H3,(H,20,21). The van der Waals surface area contributed by atoms with E-state index in [0.717, 1.165) is 51.1 Å². The van der Waals surface area contributed by atoms with E-state index in [-0.39, 0.29) is 0 Å². The Hall–Kier alpha value is -1.62. The molecule has 0 unspecified atom stereocenters. The molecule has 23 heavy (non-hydrogen) atoms. The summed E-state index contributed by atoms with van der Waals surface area (Å²) in [5, 5.41) is 3.35. The van der Waals surface area contributed by atoms with E-state index in [1.165, 1.54) is 24.0 Å². The largest absolute Gasteiger partial charge is 0.379 e. The minimum atomic E-state index is 0.765. The van der Waals surface area contributed by atoms with Crippen LogP contribution in [-0.4, -0.2) is 55.7 Å². The third kappa shape index (κ3) is 6.57. The first kappa shape index (κ1) is 17.7. The van der Waals surface area contributed by atoms with Gasteiger partial charge in [0.15, 0.2) is 5.96 Å². The van der Waals surface area contributed by atoms with Crippen molar-refractivity contribution in [2.75, 3.05) is 39.9 Å². The fourth-order valence-electron chi connectivity index (χ4n) is 2.38. The van der Waals surface area contributed by atoms with Crippen LogP contribution in [-0.2, 0) is 11.2 Å². The van der Waals surface area contributed by atoms with E-state index >= 15 is 0 Å². The van der Waals surface area contributed by atoms with Crippen LogP contribution in [0.1, 0.15) is 30.9 Å². The fourth-order valence-corrected chi connectivity index (χ4v) is 2.38. The monoisotopic (exact) mass is 318 g/mol. The van der Waals surface area contributed by atoms with Crippen LogP contribution in [0, 0.1) is 12.8 Å². The molecule has 0 aromatic carbocycles. The van der Waals surface area contributed by atoms with Crippen LogP contribution in [0.25, 0.3) is 0 Å². The average molecular weight is 318 g/mol. The highest BCUT2D eigenvalue weighted by molar-refractivity contribution is 5.79. The maximum absolute atomic E-state index is 5.71. The molecule has 128 valence electrons. The molecule has 1 aliphatic carbocycles. The second-order valence-corrected chi connectivity index (χ2v) is 6.23. The van der Waals surface area contributed by atoms with E-state index in [2.05, 4.69) is 42.2 Å². The highest BCUT2D eigenvalue weighted by Gasteiger charge is 2.21. The minimum Gasteiger partial charge on any atom is -0.379 e. The van der Waals surface area contributed by atoms with Gasteiger partial charge in [-0.15, -0.1) is 0 Å². The molecule has 0 radical (unpaired) electrons. The SMILES string of the molecule is CCNC(=NCCc1ccncc1C)N(C)CCOCC1CC1. The summed E-state index contributed by atoms with van der Waals surface area (Å²) in [5.41, 5.74) is 2.55. The molecule has 0 bridgehead atoms. The molecule has 2 rings (SSSR count). The Balaban J connectivity index is 1.76. The number of likely N-dealkylation sites (N-methyl/N-ethyl adjacent to an activating group) is 1. The zero-order chi connectivity index (χ0) is 16.5. The van der Waals surface area contributed by atoms with Crippen molar-refractivity contribution in [3.63, 3.8) is 0 Å². The molecular weight excluding hydrogens is 288 g/mol. The Kier molecular flexibility index (Phi) is 7.33. The van der Waals surface area contributed by atoms with E-state index in [1.54, 1.807) is 0 Å². The summed E-state index contributed by atoms with van der Waals surface area (Å²) in [4.78, 5) is 11.0. The molecule has 0 spiro atoms. The highest BCUT2D eigenvalue weighted by Crippen LogP contribution is 2.28. The number of aromatic nitrogens is 1. The Morgan fingerprint density at radius 2 is 2.30 bits per heavy atom. The van der Waals surface area contributed by atoms with Gasteiger partial charge in [-0.25, -0.2) is 0 Å². The predicted molar refractivity (Wildman–Crippen MR) is 94.8 cm³/mol. The first-order valence-corrected chi connectivity index (χ1v) is 8.67. The predicted octanol–water partition coefficient (Wildman–Crippen LogP) is 2.26. The number of ether oxygens (including phenoxy) is 1. The first-order valence-electron chi connectivity index (χ1n) is 8.67. The van der Waals surface area contributed by atoms with E-state index in [4.69, 9.17) is 9.73 Å². The maximum Gasteiger partial charge on any atom is 0.193 e. The molecule has 0 amide bonds. The van der Waals surface area contributed by atoms with Gasteiger partial charge < -0.3 is 15.0 Å². The van der Waals surface area contributed by atoms with E-state index in [1.807, 2.05) is 12.4 Å². The topological polar surface area (TPSA) is 49.8 Å². The normalized spacial score (nSPS) is 14.8. The Bertz CT molecular complexity index is 500. The lowest BCUT2D eigenvalue weighted by Gasteiger charge is -2.22. The van der Waals surface area contributed by atoms with Crippen LogP contribution in [0.3, 0.4) is 0 Å². The maximum atomic E-state index is 5.71. The van der Waals surface area contributed by atoms with E-state index < -0.39 is 0 Å². The van der Waals surface area contributed by atoms with Crippen molar-refractivity contribution in [2.45, 2.75) is 33.1 Å². The molecule has 1 saturated carbocycles. The third-order valence-corrected chi connectivity index (χ3v) is 4.10. The highest BCUT2D eigenvalue weighted by atomic mass is 16.5. The second-order valence-electron chi connectivity index (χ2n) is 6.23. The smallest absolute Gasteiger partial charge is 0.193 e. The third-order valence-electron chi connectivity index (χ3n) is 4.10. The van der Waals surface area contributed by atoms with Gasteiger partial charge in [0.2, 0.25) is 0 Å². The van der Waals surface area contributed by atoms with Crippen molar-refractivity contribution in [1.29, 1.82) is 0 Å². The summed E-state index contributed by atoms with van der Waals surface area (Å²) < 4.78 is 5.71. The number of hydrogen-bond acceptors (Lipinski definition) is 3. The van der Waals surface area contributed by atoms with Gasteiger partial charge in [0.05, 0.1) is 6.61 Å². The van der Waals surface area contributed by atoms with Gasteiger partial charge in [-0.05, 0) is 56.2 Å². The number of pyridine rings is 1. The number of aliphatic imine (C=N–C) groups is 1. The lowest BCUT2D eigenvalue weighted by molar-refractivity contribution is 0.115. The van der Waals surface area contributed by atoms with Gasteiger partial charge in [0, 0.05) is 45.7 Å². The van der Waals surface area contributed by atoms with Crippen LogP contribution in [0.2, 0.25) is 0 Å². The van der Waals surface area contributed by atoms with Gasteiger partial charge in [0.25, 0.3) is 0 Å². The number of hydrogen-bond donors (Lipinski definition) is 1.